The highest BCUT2D eigenvalue weighted by Gasteiger charge is 2.19. The lowest BCUT2D eigenvalue weighted by molar-refractivity contribution is -0.119. The number of amides is 1. The van der Waals surface area contributed by atoms with Crippen molar-refractivity contribution in [2.75, 3.05) is 27.7 Å². The molecule has 1 aliphatic heterocycles. The molecular formula is C22H26N2O2. The Morgan fingerprint density at radius 2 is 2.00 bits per heavy atom. The number of nitrogens with zero attached hydrogens (tertiary/aromatic N) is 1. The van der Waals surface area contributed by atoms with E-state index >= 15 is 0 Å². The molecule has 0 unspecified atom stereocenters. The molecule has 0 atom stereocenters. The minimum Gasteiger partial charge on any atom is -0.488 e. The van der Waals surface area contributed by atoms with Gasteiger partial charge < -0.3 is 15.0 Å². The van der Waals surface area contributed by atoms with Crippen molar-refractivity contribution >= 4 is 11.5 Å². The Morgan fingerprint density at radius 3 is 2.77 bits per heavy atom. The fraction of sp³-hybridized carbons (Fsp3) is 0.318. The van der Waals surface area contributed by atoms with Crippen molar-refractivity contribution in [1.29, 1.82) is 0 Å². The van der Waals surface area contributed by atoms with Gasteiger partial charge in [0.25, 0.3) is 0 Å². The zero-order valence-electron chi connectivity index (χ0n) is 15.7. The van der Waals surface area contributed by atoms with Crippen molar-refractivity contribution in [2.24, 2.45) is 0 Å². The highest BCUT2D eigenvalue weighted by atomic mass is 16.5. The number of fused-ring (bicyclic) bond motifs is 2. The molecule has 1 amide bonds. The zero-order chi connectivity index (χ0) is 18.5. The predicted octanol–water partition coefficient (Wildman–Crippen LogP) is 3.25. The van der Waals surface area contributed by atoms with E-state index in [1.54, 1.807) is 7.05 Å². The predicted molar refractivity (Wildman–Crippen MR) is 105 cm³/mol. The second-order valence-electron chi connectivity index (χ2n) is 6.84. The third-order valence-corrected chi connectivity index (χ3v) is 4.59. The standard InChI is InChI=1S/C22H26N2O2/c1-23-22(25)14-16-10-11-21-20(13-16)19(9-6-12-24(2)3)18-8-5-4-7-17(18)15-26-21/h4-5,7-11,13H,6,12,14-15H2,1-3H3,(H,23,25)/b19-9-. The molecule has 3 rings (SSSR count). The van der Waals surface area contributed by atoms with E-state index in [9.17, 15) is 4.79 Å². The fourth-order valence-corrected chi connectivity index (χ4v) is 3.19. The first kappa shape index (κ1) is 18.2. The number of hydrogen-bond donors (Lipinski definition) is 1. The number of carbonyl (C=O) groups is 1. The Bertz CT molecular complexity index is 825. The number of ether oxygens (including phenoxy) is 1. The Hall–Kier alpha value is -2.59. The maximum Gasteiger partial charge on any atom is 0.224 e. The molecule has 1 heterocycles. The van der Waals surface area contributed by atoms with Gasteiger partial charge in [-0.3, -0.25) is 4.79 Å². The summed E-state index contributed by atoms with van der Waals surface area (Å²) in [4.78, 5) is 14.0. The van der Waals surface area contributed by atoms with Crippen LogP contribution in [0.3, 0.4) is 0 Å². The van der Waals surface area contributed by atoms with Crippen molar-refractivity contribution in [3.63, 3.8) is 0 Å². The molecule has 1 aliphatic rings. The Morgan fingerprint density at radius 1 is 1.19 bits per heavy atom. The van der Waals surface area contributed by atoms with Crippen molar-refractivity contribution in [3.05, 3.63) is 70.8 Å². The molecule has 0 aromatic heterocycles. The largest absolute Gasteiger partial charge is 0.488 e. The second kappa shape index (κ2) is 8.19. The first-order valence-electron chi connectivity index (χ1n) is 8.98. The SMILES string of the molecule is CNC(=O)Cc1ccc2c(c1)/C(=C\CCN(C)C)c1ccccc1CO2. The van der Waals surface area contributed by atoms with E-state index in [1.807, 2.05) is 18.2 Å². The van der Waals surface area contributed by atoms with Crippen LogP contribution in [0.25, 0.3) is 5.57 Å². The average Bonchev–Trinajstić information content (AvgIpc) is 2.79. The van der Waals surface area contributed by atoms with Gasteiger partial charge in [-0.15, -0.1) is 0 Å². The van der Waals surface area contributed by atoms with Crippen molar-refractivity contribution in [1.82, 2.24) is 10.2 Å². The smallest absolute Gasteiger partial charge is 0.224 e. The quantitative estimate of drug-likeness (QED) is 0.900. The van der Waals surface area contributed by atoms with Gasteiger partial charge in [0.15, 0.2) is 0 Å². The normalized spacial score (nSPS) is 14.4. The lowest BCUT2D eigenvalue weighted by Gasteiger charge is -2.13. The number of rotatable bonds is 5. The van der Waals surface area contributed by atoms with Crippen LogP contribution in [0.5, 0.6) is 5.75 Å². The molecular weight excluding hydrogens is 324 g/mol. The monoisotopic (exact) mass is 350 g/mol. The van der Waals surface area contributed by atoms with Crippen molar-refractivity contribution in [3.8, 4) is 5.75 Å². The van der Waals surface area contributed by atoms with Crippen LogP contribution in [0.2, 0.25) is 0 Å². The maximum absolute atomic E-state index is 11.8. The fourth-order valence-electron chi connectivity index (χ4n) is 3.19. The van der Waals surface area contributed by atoms with Gasteiger partial charge >= 0.3 is 0 Å². The lowest BCUT2D eigenvalue weighted by atomic mass is 9.92. The molecule has 0 saturated carbocycles. The highest BCUT2D eigenvalue weighted by molar-refractivity contribution is 5.86. The number of likely N-dealkylation sites (N-methyl/N-ethyl adjacent to an activating group) is 1. The molecule has 0 fully saturated rings. The van der Waals surface area contributed by atoms with Gasteiger partial charge in [-0.05, 0) is 54.9 Å². The van der Waals surface area contributed by atoms with Gasteiger partial charge in [0.1, 0.15) is 12.4 Å². The molecule has 2 aromatic rings. The van der Waals surface area contributed by atoms with Gasteiger partial charge in [0.05, 0.1) is 6.42 Å². The molecule has 0 bridgehead atoms. The van der Waals surface area contributed by atoms with Gasteiger partial charge in [-0.2, -0.15) is 0 Å². The minimum atomic E-state index is 0.0121. The van der Waals surface area contributed by atoms with E-state index in [0.29, 0.717) is 13.0 Å². The summed E-state index contributed by atoms with van der Waals surface area (Å²) in [5.41, 5.74) is 5.64. The summed E-state index contributed by atoms with van der Waals surface area (Å²) in [5.74, 6) is 0.885. The third kappa shape index (κ3) is 4.14. The van der Waals surface area contributed by atoms with E-state index in [2.05, 4.69) is 54.7 Å². The maximum atomic E-state index is 11.8. The highest BCUT2D eigenvalue weighted by Crippen LogP contribution is 2.37. The zero-order valence-corrected chi connectivity index (χ0v) is 15.7. The molecule has 4 nitrogen and oxygen atoms in total. The molecule has 2 aromatic carbocycles. The molecule has 0 aliphatic carbocycles. The Balaban J connectivity index is 2.05. The van der Waals surface area contributed by atoms with Crippen LogP contribution in [-0.2, 0) is 17.8 Å². The Kier molecular flexibility index (Phi) is 5.74. The van der Waals surface area contributed by atoms with Gasteiger partial charge in [0, 0.05) is 19.2 Å². The second-order valence-corrected chi connectivity index (χ2v) is 6.84. The van der Waals surface area contributed by atoms with Crippen molar-refractivity contribution in [2.45, 2.75) is 19.4 Å². The molecule has 26 heavy (non-hydrogen) atoms. The van der Waals surface area contributed by atoms with E-state index < -0.39 is 0 Å². The van der Waals surface area contributed by atoms with Gasteiger partial charge in [-0.1, -0.05) is 36.4 Å². The molecule has 4 heteroatoms. The summed E-state index contributed by atoms with van der Waals surface area (Å²) in [6.45, 7) is 1.54. The van der Waals surface area contributed by atoms with Crippen LogP contribution < -0.4 is 10.1 Å². The number of hydrogen-bond acceptors (Lipinski definition) is 3. The van der Waals surface area contributed by atoms with Gasteiger partial charge in [-0.25, -0.2) is 0 Å². The summed E-state index contributed by atoms with van der Waals surface area (Å²) >= 11 is 0. The summed E-state index contributed by atoms with van der Waals surface area (Å²) < 4.78 is 6.07. The molecule has 0 radical (unpaired) electrons. The van der Waals surface area contributed by atoms with Crippen molar-refractivity contribution < 1.29 is 9.53 Å². The summed E-state index contributed by atoms with van der Waals surface area (Å²) in [6, 6.07) is 14.4. The van der Waals surface area contributed by atoms with E-state index in [4.69, 9.17) is 4.74 Å². The minimum absolute atomic E-state index is 0.0121. The number of benzene rings is 2. The van der Waals surface area contributed by atoms with E-state index in [-0.39, 0.29) is 5.91 Å². The lowest BCUT2D eigenvalue weighted by Crippen LogP contribution is -2.19. The van der Waals surface area contributed by atoms with E-state index in [0.717, 1.165) is 29.8 Å². The molecule has 136 valence electrons. The number of nitrogens with one attached hydrogen (secondary N) is 1. The molecule has 0 saturated heterocycles. The Labute approximate surface area is 155 Å². The van der Waals surface area contributed by atoms with E-state index in [1.165, 1.54) is 16.7 Å². The van der Waals surface area contributed by atoms with Crippen LogP contribution in [0.4, 0.5) is 0 Å². The number of carbonyl (C=O) groups excluding carboxylic acids is 1. The van der Waals surface area contributed by atoms with Crippen LogP contribution >= 0.6 is 0 Å². The summed E-state index contributed by atoms with van der Waals surface area (Å²) in [7, 11) is 5.83. The molecule has 0 spiro atoms. The van der Waals surface area contributed by atoms with Crippen LogP contribution in [0.1, 0.15) is 28.7 Å². The molecule has 1 N–H and O–H groups in total. The van der Waals surface area contributed by atoms with Crippen LogP contribution in [-0.4, -0.2) is 38.5 Å². The topological polar surface area (TPSA) is 41.6 Å². The first-order valence-corrected chi connectivity index (χ1v) is 8.98. The first-order chi connectivity index (χ1) is 12.6. The average molecular weight is 350 g/mol. The van der Waals surface area contributed by atoms with Crippen LogP contribution in [0.15, 0.2) is 48.5 Å². The summed E-state index contributed by atoms with van der Waals surface area (Å²) in [6.07, 6.45) is 3.61. The third-order valence-electron chi connectivity index (χ3n) is 4.59. The summed E-state index contributed by atoms with van der Waals surface area (Å²) in [5, 5.41) is 2.69. The van der Waals surface area contributed by atoms with Crippen LogP contribution in [0, 0.1) is 0 Å². The van der Waals surface area contributed by atoms with Gasteiger partial charge in [0.2, 0.25) is 5.91 Å².